The smallest absolute Gasteiger partial charge is 0.0637 e. The molecule has 0 N–H and O–H groups in total. The van der Waals surface area contributed by atoms with Gasteiger partial charge in [0.15, 0.2) is 0 Å². The number of hydrogen-bond donors (Lipinski definition) is 0. The van der Waals surface area contributed by atoms with Crippen molar-refractivity contribution in [2.75, 3.05) is 20.3 Å². The minimum absolute atomic E-state index is 0.552. The lowest BCUT2D eigenvalue weighted by Crippen LogP contribution is -2.32. The van der Waals surface area contributed by atoms with Crippen molar-refractivity contribution in [3.05, 3.63) is 11.8 Å². The maximum absolute atomic E-state index is 5.05. The third kappa shape index (κ3) is 3.77. The Kier molecular flexibility index (Phi) is 5.81. The summed E-state index contributed by atoms with van der Waals surface area (Å²) in [5, 5.41) is 0. The first-order valence-corrected chi connectivity index (χ1v) is 4.52. The van der Waals surface area contributed by atoms with Crippen LogP contribution in [0, 0.1) is 0 Å². The fraction of sp³-hybridized carbons (Fsp3) is 0.800. The number of allylic oxidation sites excluding steroid dienone is 2. The molecule has 0 heterocycles. The third-order valence-electron chi connectivity index (χ3n) is 2.03. The van der Waals surface area contributed by atoms with Crippen LogP contribution in [-0.4, -0.2) is 31.2 Å². The lowest BCUT2D eigenvalue weighted by atomic mass is 10.2. The second-order valence-corrected chi connectivity index (χ2v) is 3.21. The highest BCUT2D eigenvalue weighted by Gasteiger charge is 2.07. The molecule has 0 aromatic rings. The normalized spacial score (nSPS) is 12.3. The fourth-order valence-electron chi connectivity index (χ4n) is 1.20. The highest BCUT2D eigenvalue weighted by atomic mass is 16.5. The first-order chi connectivity index (χ1) is 5.63. The van der Waals surface area contributed by atoms with Crippen LogP contribution in [0.25, 0.3) is 0 Å². The predicted molar refractivity (Wildman–Crippen MR) is 53.1 cm³/mol. The van der Waals surface area contributed by atoms with Gasteiger partial charge < -0.3 is 9.64 Å². The molecule has 0 saturated heterocycles. The molecule has 0 atom stereocenters. The van der Waals surface area contributed by atoms with E-state index in [0.717, 1.165) is 13.2 Å². The van der Waals surface area contributed by atoms with Gasteiger partial charge in [-0.15, -0.1) is 0 Å². The van der Waals surface area contributed by atoms with E-state index in [1.54, 1.807) is 7.11 Å². The van der Waals surface area contributed by atoms with Crippen LogP contribution in [0.3, 0.4) is 0 Å². The van der Waals surface area contributed by atoms with Crippen LogP contribution in [0.15, 0.2) is 11.8 Å². The van der Waals surface area contributed by atoms with Gasteiger partial charge in [0.2, 0.25) is 0 Å². The first kappa shape index (κ1) is 11.5. The number of ether oxygens (including phenoxy) is 1. The summed E-state index contributed by atoms with van der Waals surface area (Å²) in [5.74, 6) is 0. The van der Waals surface area contributed by atoms with Gasteiger partial charge in [-0.25, -0.2) is 0 Å². The molecule has 0 spiro atoms. The van der Waals surface area contributed by atoms with Gasteiger partial charge in [-0.1, -0.05) is 6.08 Å². The standard InChI is InChI=1S/C10H21NO/c1-6-10(4)11(9(2)3)7-8-12-5/h6,9H,7-8H2,1-5H3/b10-6-. The topological polar surface area (TPSA) is 12.5 Å². The highest BCUT2D eigenvalue weighted by Crippen LogP contribution is 2.07. The Morgan fingerprint density at radius 1 is 1.50 bits per heavy atom. The van der Waals surface area contributed by atoms with E-state index in [2.05, 4.69) is 38.7 Å². The van der Waals surface area contributed by atoms with Gasteiger partial charge in [-0.05, 0) is 27.7 Å². The number of hydrogen-bond acceptors (Lipinski definition) is 2. The molecule has 0 saturated carbocycles. The molecule has 2 nitrogen and oxygen atoms in total. The van der Waals surface area contributed by atoms with Gasteiger partial charge in [0, 0.05) is 25.4 Å². The van der Waals surface area contributed by atoms with Crippen LogP contribution in [0.5, 0.6) is 0 Å². The van der Waals surface area contributed by atoms with Crippen molar-refractivity contribution in [2.24, 2.45) is 0 Å². The third-order valence-corrected chi connectivity index (χ3v) is 2.03. The van der Waals surface area contributed by atoms with E-state index in [1.165, 1.54) is 5.70 Å². The van der Waals surface area contributed by atoms with Crippen molar-refractivity contribution >= 4 is 0 Å². The molecule has 72 valence electrons. The largest absolute Gasteiger partial charge is 0.383 e. The van der Waals surface area contributed by atoms with Crippen molar-refractivity contribution in [3.8, 4) is 0 Å². The van der Waals surface area contributed by atoms with Crippen LogP contribution in [-0.2, 0) is 4.74 Å². The summed E-state index contributed by atoms with van der Waals surface area (Å²) in [6.45, 7) is 10.4. The molecule has 0 aromatic carbocycles. The monoisotopic (exact) mass is 171 g/mol. The summed E-state index contributed by atoms with van der Waals surface area (Å²) in [6, 6.07) is 0.552. The Bertz CT molecular complexity index is 141. The van der Waals surface area contributed by atoms with Crippen LogP contribution < -0.4 is 0 Å². The van der Waals surface area contributed by atoms with Gasteiger partial charge in [-0.2, -0.15) is 0 Å². The van der Waals surface area contributed by atoms with Crippen molar-refractivity contribution in [1.29, 1.82) is 0 Å². The zero-order valence-corrected chi connectivity index (χ0v) is 8.92. The summed E-state index contributed by atoms with van der Waals surface area (Å²) in [4.78, 5) is 2.34. The zero-order valence-electron chi connectivity index (χ0n) is 8.92. The Labute approximate surface area is 76.2 Å². The molecule has 0 rings (SSSR count). The lowest BCUT2D eigenvalue weighted by Gasteiger charge is -2.29. The second-order valence-electron chi connectivity index (χ2n) is 3.21. The van der Waals surface area contributed by atoms with Crippen molar-refractivity contribution in [2.45, 2.75) is 33.7 Å². The quantitative estimate of drug-likeness (QED) is 0.629. The summed E-state index contributed by atoms with van der Waals surface area (Å²) < 4.78 is 5.05. The maximum Gasteiger partial charge on any atom is 0.0637 e. The zero-order chi connectivity index (χ0) is 9.56. The van der Waals surface area contributed by atoms with E-state index < -0.39 is 0 Å². The molecule has 0 radical (unpaired) electrons. The van der Waals surface area contributed by atoms with Gasteiger partial charge in [0.25, 0.3) is 0 Å². The molecule has 0 aromatic heterocycles. The summed E-state index contributed by atoms with van der Waals surface area (Å²) >= 11 is 0. The molecular formula is C10H21NO. The number of nitrogens with zero attached hydrogens (tertiary/aromatic N) is 1. The Morgan fingerprint density at radius 2 is 2.08 bits per heavy atom. The van der Waals surface area contributed by atoms with Crippen LogP contribution in [0.2, 0.25) is 0 Å². The number of methoxy groups -OCH3 is 1. The van der Waals surface area contributed by atoms with Gasteiger partial charge >= 0.3 is 0 Å². The average Bonchev–Trinajstić information content (AvgIpc) is 2.04. The Hall–Kier alpha value is -0.500. The van der Waals surface area contributed by atoms with E-state index in [-0.39, 0.29) is 0 Å². The van der Waals surface area contributed by atoms with Gasteiger partial charge in [-0.3, -0.25) is 0 Å². The summed E-state index contributed by atoms with van der Waals surface area (Å²) in [5.41, 5.74) is 1.32. The van der Waals surface area contributed by atoms with Crippen molar-refractivity contribution in [1.82, 2.24) is 4.90 Å². The first-order valence-electron chi connectivity index (χ1n) is 4.52. The Balaban J connectivity index is 4.04. The van der Waals surface area contributed by atoms with Crippen LogP contribution in [0.1, 0.15) is 27.7 Å². The fourth-order valence-corrected chi connectivity index (χ4v) is 1.20. The highest BCUT2D eigenvalue weighted by molar-refractivity contribution is 4.96. The average molecular weight is 171 g/mol. The molecule has 12 heavy (non-hydrogen) atoms. The molecule has 2 heteroatoms. The van der Waals surface area contributed by atoms with Crippen molar-refractivity contribution in [3.63, 3.8) is 0 Å². The molecule has 0 amide bonds. The van der Waals surface area contributed by atoms with Crippen molar-refractivity contribution < 1.29 is 4.74 Å². The van der Waals surface area contributed by atoms with Gasteiger partial charge in [0.05, 0.1) is 6.61 Å². The Morgan fingerprint density at radius 3 is 2.42 bits per heavy atom. The van der Waals surface area contributed by atoms with Crippen LogP contribution in [0.4, 0.5) is 0 Å². The van der Waals surface area contributed by atoms with E-state index in [9.17, 15) is 0 Å². The van der Waals surface area contributed by atoms with E-state index in [1.807, 2.05) is 0 Å². The van der Waals surface area contributed by atoms with E-state index in [0.29, 0.717) is 6.04 Å². The van der Waals surface area contributed by atoms with Crippen LogP contribution >= 0.6 is 0 Å². The number of rotatable bonds is 5. The minimum atomic E-state index is 0.552. The molecule has 0 aliphatic heterocycles. The molecule has 0 fully saturated rings. The van der Waals surface area contributed by atoms with Gasteiger partial charge in [0.1, 0.15) is 0 Å². The van der Waals surface area contributed by atoms with E-state index in [4.69, 9.17) is 4.74 Å². The molecule has 0 unspecified atom stereocenters. The molecule has 0 bridgehead atoms. The SMILES string of the molecule is C/C=C(/C)N(CCOC)C(C)C. The maximum atomic E-state index is 5.05. The molecular weight excluding hydrogens is 150 g/mol. The lowest BCUT2D eigenvalue weighted by molar-refractivity contribution is 0.151. The molecule has 0 aliphatic carbocycles. The second kappa shape index (κ2) is 6.06. The minimum Gasteiger partial charge on any atom is -0.383 e. The summed E-state index contributed by atoms with van der Waals surface area (Å²) in [7, 11) is 1.74. The molecule has 0 aliphatic rings. The summed E-state index contributed by atoms with van der Waals surface area (Å²) in [6.07, 6.45) is 2.13. The predicted octanol–water partition coefficient (Wildman–Crippen LogP) is 2.27. The van der Waals surface area contributed by atoms with E-state index >= 15 is 0 Å².